The zero-order valence-electron chi connectivity index (χ0n) is 16.8. The molecule has 0 heterocycles. The van der Waals surface area contributed by atoms with Gasteiger partial charge in [0.15, 0.2) is 0 Å². The van der Waals surface area contributed by atoms with Gasteiger partial charge in [-0.1, -0.05) is 63.1 Å². The number of halogens is 1. The summed E-state index contributed by atoms with van der Waals surface area (Å²) in [5, 5.41) is 15.4. The number of nitrogens with zero attached hydrogens (tertiary/aromatic N) is 2. The molecule has 7 heteroatoms. The van der Waals surface area contributed by atoms with Crippen molar-refractivity contribution in [1.29, 1.82) is 0 Å². The molecule has 2 rings (SSSR count). The molecule has 156 valence electrons. The number of ether oxygens (including phenoxy) is 1. The van der Waals surface area contributed by atoms with Crippen molar-refractivity contribution in [2.24, 2.45) is 5.10 Å². The summed E-state index contributed by atoms with van der Waals surface area (Å²) in [5.74, 6) is 0.668. The van der Waals surface area contributed by atoms with E-state index in [1.807, 2.05) is 12.1 Å². The Morgan fingerprint density at radius 1 is 1.10 bits per heavy atom. The first-order chi connectivity index (χ1) is 14.1. The molecule has 0 saturated heterocycles. The number of nitrogens with one attached hydrogen (secondary N) is 1. The number of hydrazone groups is 1. The van der Waals surface area contributed by atoms with Gasteiger partial charge in [-0.05, 0) is 36.2 Å². The average molecular weight is 418 g/mol. The molecule has 0 amide bonds. The van der Waals surface area contributed by atoms with Crippen LogP contribution < -0.4 is 10.2 Å². The summed E-state index contributed by atoms with van der Waals surface area (Å²) in [6.45, 7) is 2.89. The van der Waals surface area contributed by atoms with E-state index >= 15 is 0 Å². The Labute approximate surface area is 177 Å². The summed E-state index contributed by atoms with van der Waals surface area (Å²) in [4.78, 5) is 10.4. The van der Waals surface area contributed by atoms with E-state index in [0.717, 1.165) is 12.0 Å². The molecule has 2 aromatic carbocycles. The van der Waals surface area contributed by atoms with Gasteiger partial charge in [-0.25, -0.2) is 0 Å². The van der Waals surface area contributed by atoms with Crippen molar-refractivity contribution in [3.63, 3.8) is 0 Å². The first kappa shape index (κ1) is 22.7. The third-order valence-electron chi connectivity index (χ3n) is 4.43. The van der Waals surface area contributed by atoms with Crippen molar-refractivity contribution >= 4 is 29.2 Å². The fourth-order valence-electron chi connectivity index (χ4n) is 2.83. The van der Waals surface area contributed by atoms with E-state index in [0.29, 0.717) is 23.1 Å². The molecule has 0 atom stereocenters. The van der Waals surface area contributed by atoms with Crippen molar-refractivity contribution in [2.45, 2.75) is 51.9 Å². The van der Waals surface area contributed by atoms with Crippen molar-refractivity contribution in [1.82, 2.24) is 0 Å². The third-order valence-corrected chi connectivity index (χ3v) is 4.72. The highest BCUT2D eigenvalue weighted by molar-refractivity contribution is 6.32. The quantitative estimate of drug-likeness (QED) is 0.168. The molecule has 0 aliphatic heterocycles. The number of benzene rings is 2. The molecule has 0 spiro atoms. The van der Waals surface area contributed by atoms with Crippen LogP contribution in [0.25, 0.3) is 0 Å². The number of nitro benzene ring substituents is 1. The molecule has 0 aliphatic carbocycles. The summed E-state index contributed by atoms with van der Waals surface area (Å²) in [5.41, 5.74) is 4.13. The Morgan fingerprint density at radius 2 is 1.86 bits per heavy atom. The number of rotatable bonds is 13. The van der Waals surface area contributed by atoms with Crippen molar-refractivity contribution in [2.75, 3.05) is 12.0 Å². The summed E-state index contributed by atoms with van der Waals surface area (Å²) in [7, 11) is 0. The highest BCUT2D eigenvalue weighted by Crippen LogP contribution is 2.25. The minimum Gasteiger partial charge on any atom is -0.492 e. The zero-order chi connectivity index (χ0) is 20.9. The largest absolute Gasteiger partial charge is 0.492 e. The Hall–Kier alpha value is -2.60. The molecule has 0 saturated carbocycles. The van der Waals surface area contributed by atoms with E-state index in [1.54, 1.807) is 24.4 Å². The molecule has 0 radical (unpaired) electrons. The zero-order valence-corrected chi connectivity index (χ0v) is 17.5. The summed E-state index contributed by atoms with van der Waals surface area (Å²) < 4.78 is 5.77. The highest BCUT2D eigenvalue weighted by atomic mass is 35.5. The molecule has 6 nitrogen and oxygen atoms in total. The predicted octanol–water partition coefficient (Wildman–Crippen LogP) is 6.82. The Bertz CT molecular complexity index is 812. The van der Waals surface area contributed by atoms with Gasteiger partial charge in [0.25, 0.3) is 5.69 Å². The standard InChI is InChI=1S/C22H28ClN3O3/c1-2-3-4-5-6-7-8-14-29-22-13-12-18(15-21(22)23)17-24-25-19-10-9-11-20(16-19)26(27)28/h9-13,15-17,25H,2-8,14H2,1H3. The van der Waals surface area contributed by atoms with Gasteiger partial charge < -0.3 is 4.74 Å². The first-order valence-electron chi connectivity index (χ1n) is 10.1. The topological polar surface area (TPSA) is 76.8 Å². The fraction of sp³-hybridized carbons (Fsp3) is 0.409. The fourth-order valence-corrected chi connectivity index (χ4v) is 3.07. The van der Waals surface area contributed by atoms with Crippen molar-refractivity contribution in [3.05, 3.63) is 63.2 Å². The SMILES string of the molecule is CCCCCCCCCOc1ccc(C=NNc2cccc([N+](=O)[O-])c2)cc1Cl. The number of non-ortho nitro benzene ring substituents is 1. The van der Waals surface area contributed by atoms with Gasteiger partial charge in [-0.2, -0.15) is 5.10 Å². The van der Waals surface area contributed by atoms with Gasteiger partial charge in [-0.3, -0.25) is 15.5 Å². The van der Waals surface area contributed by atoms with E-state index in [1.165, 1.54) is 50.7 Å². The van der Waals surface area contributed by atoms with E-state index in [9.17, 15) is 10.1 Å². The molecule has 0 unspecified atom stereocenters. The number of unbranched alkanes of at least 4 members (excludes halogenated alkanes) is 6. The maximum absolute atomic E-state index is 10.8. The number of hydrogen-bond acceptors (Lipinski definition) is 5. The normalized spacial score (nSPS) is 11.0. The second kappa shape index (κ2) is 12.8. The molecule has 1 N–H and O–H groups in total. The summed E-state index contributed by atoms with van der Waals surface area (Å²) in [6, 6.07) is 11.6. The van der Waals surface area contributed by atoms with Gasteiger partial charge in [0.1, 0.15) is 5.75 Å². The molecule has 0 fully saturated rings. The van der Waals surface area contributed by atoms with Gasteiger partial charge in [0.05, 0.1) is 28.5 Å². The van der Waals surface area contributed by atoms with Crippen LogP contribution in [0.15, 0.2) is 47.6 Å². The minimum absolute atomic E-state index is 0.00991. The monoisotopic (exact) mass is 417 g/mol. The lowest BCUT2D eigenvalue weighted by atomic mass is 10.1. The van der Waals surface area contributed by atoms with Crippen LogP contribution in [0.3, 0.4) is 0 Å². The van der Waals surface area contributed by atoms with E-state index in [4.69, 9.17) is 16.3 Å². The van der Waals surface area contributed by atoms with Crippen molar-refractivity contribution in [3.8, 4) is 5.75 Å². The van der Waals surface area contributed by atoms with Crippen LogP contribution in [0.5, 0.6) is 5.75 Å². The second-order valence-corrected chi connectivity index (χ2v) is 7.24. The van der Waals surface area contributed by atoms with Crippen LogP contribution in [0.4, 0.5) is 11.4 Å². The number of nitro groups is 1. The van der Waals surface area contributed by atoms with Crippen LogP contribution in [0.2, 0.25) is 5.02 Å². The number of anilines is 1. The maximum Gasteiger partial charge on any atom is 0.271 e. The van der Waals surface area contributed by atoms with Crippen LogP contribution >= 0.6 is 11.6 Å². The maximum atomic E-state index is 10.8. The van der Waals surface area contributed by atoms with Crippen LogP contribution in [-0.2, 0) is 0 Å². The first-order valence-corrected chi connectivity index (χ1v) is 10.4. The molecule has 2 aromatic rings. The lowest BCUT2D eigenvalue weighted by Crippen LogP contribution is -1.98. The molecular formula is C22H28ClN3O3. The Balaban J connectivity index is 1.76. The lowest BCUT2D eigenvalue weighted by Gasteiger charge is -2.08. The highest BCUT2D eigenvalue weighted by Gasteiger charge is 2.05. The van der Waals surface area contributed by atoms with E-state index in [-0.39, 0.29) is 5.69 Å². The van der Waals surface area contributed by atoms with Crippen molar-refractivity contribution < 1.29 is 9.66 Å². The van der Waals surface area contributed by atoms with Gasteiger partial charge in [0.2, 0.25) is 0 Å². The lowest BCUT2D eigenvalue weighted by molar-refractivity contribution is -0.384. The smallest absolute Gasteiger partial charge is 0.271 e. The summed E-state index contributed by atoms with van der Waals surface area (Å²) >= 11 is 6.30. The van der Waals surface area contributed by atoms with Gasteiger partial charge >= 0.3 is 0 Å². The van der Waals surface area contributed by atoms with Gasteiger partial charge in [0, 0.05) is 12.1 Å². The summed E-state index contributed by atoms with van der Waals surface area (Å²) in [6.07, 6.45) is 10.3. The van der Waals surface area contributed by atoms with Gasteiger partial charge in [-0.15, -0.1) is 0 Å². The average Bonchev–Trinajstić information content (AvgIpc) is 2.71. The van der Waals surface area contributed by atoms with E-state index in [2.05, 4.69) is 17.5 Å². The van der Waals surface area contributed by atoms with Crippen LogP contribution in [0.1, 0.15) is 57.4 Å². The van der Waals surface area contributed by atoms with Crippen LogP contribution in [-0.4, -0.2) is 17.7 Å². The molecule has 29 heavy (non-hydrogen) atoms. The Morgan fingerprint density at radius 3 is 2.59 bits per heavy atom. The Kier molecular flexibility index (Phi) is 10.00. The van der Waals surface area contributed by atoms with E-state index < -0.39 is 4.92 Å². The number of hydrogen-bond donors (Lipinski definition) is 1. The second-order valence-electron chi connectivity index (χ2n) is 6.84. The minimum atomic E-state index is -0.445. The molecule has 0 bridgehead atoms. The molecule has 0 aromatic heterocycles. The predicted molar refractivity (Wildman–Crippen MR) is 119 cm³/mol. The molecular weight excluding hydrogens is 390 g/mol. The molecule has 0 aliphatic rings. The van der Waals surface area contributed by atoms with Crippen LogP contribution in [0, 0.1) is 10.1 Å². The third kappa shape index (κ3) is 8.52.